The van der Waals surface area contributed by atoms with Crippen LogP contribution in [0.2, 0.25) is 0 Å². The van der Waals surface area contributed by atoms with Crippen molar-refractivity contribution >= 4 is 17.6 Å². The molecule has 1 aromatic heterocycles. The van der Waals surface area contributed by atoms with Crippen molar-refractivity contribution in [2.24, 2.45) is 5.92 Å². The highest BCUT2D eigenvalue weighted by Crippen LogP contribution is 2.28. The molecule has 7 nitrogen and oxygen atoms in total. The van der Waals surface area contributed by atoms with Gasteiger partial charge in [0.25, 0.3) is 0 Å². The molecule has 29 heavy (non-hydrogen) atoms. The molecular formula is C22H32N4O3. The zero-order valence-corrected chi connectivity index (χ0v) is 17.1. The van der Waals surface area contributed by atoms with Crippen LogP contribution < -0.4 is 5.32 Å². The molecule has 2 amide bonds. The number of likely N-dealkylation sites (tertiary alicyclic amines) is 1. The highest BCUT2D eigenvalue weighted by molar-refractivity contribution is 5.96. The zero-order chi connectivity index (χ0) is 20.1. The van der Waals surface area contributed by atoms with Gasteiger partial charge in [-0.3, -0.25) is 14.5 Å². The number of anilines is 1. The van der Waals surface area contributed by atoms with E-state index in [0.29, 0.717) is 24.8 Å². The van der Waals surface area contributed by atoms with Crippen molar-refractivity contribution in [2.45, 2.75) is 57.5 Å². The number of amides is 2. The highest BCUT2D eigenvalue weighted by atomic mass is 16.5. The molecule has 1 aliphatic carbocycles. The van der Waals surface area contributed by atoms with Crippen molar-refractivity contribution in [3.63, 3.8) is 0 Å². The highest BCUT2D eigenvalue weighted by Gasteiger charge is 2.37. The van der Waals surface area contributed by atoms with Crippen molar-refractivity contribution < 1.29 is 14.3 Å². The molecule has 1 N–H and O–H groups in total. The second-order valence-electron chi connectivity index (χ2n) is 8.52. The van der Waals surface area contributed by atoms with Crippen LogP contribution in [0, 0.1) is 5.92 Å². The summed E-state index contributed by atoms with van der Waals surface area (Å²) in [6, 6.07) is 4.18. The number of aromatic nitrogens is 1. The summed E-state index contributed by atoms with van der Waals surface area (Å²) in [7, 11) is 0. The fraction of sp³-hybridized carbons (Fsp3) is 0.682. The predicted octanol–water partition coefficient (Wildman–Crippen LogP) is 2.42. The van der Waals surface area contributed by atoms with E-state index in [0.717, 1.165) is 51.3 Å². The lowest BCUT2D eigenvalue weighted by Crippen LogP contribution is -2.37. The molecule has 4 rings (SSSR count). The van der Waals surface area contributed by atoms with Crippen LogP contribution in [0.5, 0.6) is 0 Å². The summed E-state index contributed by atoms with van der Waals surface area (Å²) in [4.78, 5) is 33.9. The molecule has 1 unspecified atom stereocenters. The minimum atomic E-state index is -0.277. The quantitative estimate of drug-likeness (QED) is 0.769. The Morgan fingerprint density at radius 2 is 1.90 bits per heavy atom. The minimum Gasteiger partial charge on any atom is -0.379 e. The number of ether oxygens (including phenoxy) is 1. The van der Waals surface area contributed by atoms with Crippen molar-refractivity contribution in [3.05, 3.63) is 23.9 Å². The van der Waals surface area contributed by atoms with E-state index in [1.165, 1.54) is 25.7 Å². The van der Waals surface area contributed by atoms with E-state index in [-0.39, 0.29) is 17.7 Å². The van der Waals surface area contributed by atoms with Crippen LogP contribution in [0.3, 0.4) is 0 Å². The van der Waals surface area contributed by atoms with Gasteiger partial charge in [-0.05, 0) is 24.5 Å². The third kappa shape index (κ3) is 5.34. The van der Waals surface area contributed by atoms with Crippen LogP contribution in [0.4, 0.5) is 5.82 Å². The lowest BCUT2D eigenvalue weighted by atomic mass is 10.1. The van der Waals surface area contributed by atoms with Crippen LogP contribution in [0.15, 0.2) is 18.3 Å². The molecule has 1 saturated carbocycles. The number of carbonyl (C=O) groups is 2. The van der Waals surface area contributed by atoms with Crippen molar-refractivity contribution in [1.82, 2.24) is 14.8 Å². The summed E-state index contributed by atoms with van der Waals surface area (Å²) in [6.07, 6.45) is 9.18. The average Bonchev–Trinajstić information content (AvgIpc) is 2.94. The van der Waals surface area contributed by atoms with Gasteiger partial charge in [-0.25, -0.2) is 4.98 Å². The number of hydrogen-bond donors (Lipinski definition) is 1. The molecular weight excluding hydrogens is 368 g/mol. The van der Waals surface area contributed by atoms with Gasteiger partial charge in [0.15, 0.2) is 0 Å². The first kappa shape index (κ1) is 20.3. The van der Waals surface area contributed by atoms with Crippen LogP contribution in [0.1, 0.15) is 50.5 Å². The Kier molecular flexibility index (Phi) is 6.77. The van der Waals surface area contributed by atoms with E-state index in [1.54, 1.807) is 0 Å². The van der Waals surface area contributed by atoms with Crippen LogP contribution in [-0.4, -0.2) is 65.5 Å². The zero-order valence-electron chi connectivity index (χ0n) is 17.1. The molecule has 1 aromatic rings. The van der Waals surface area contributed by atoms with E-state index >= 15 is 0 Å². The molecule has 3 aliphatic rings. The third-order valence-electron chi connectivity index (χ3n) is 6.38. The molecule has 3 fully saturated rings. The first-order valence-corrected chi connectivity index (χ1v) is 11.0. The van der Waals surface area contributed by atoms with Crippen molar-refractivity contribution in [1.29, 1.82) is 0 Å². The third-order valence-corrected chi connectivity index (χ3v) is 6.38. The smallest absolute Gasteiger partial charge is 0.230 e. The first-order chi connectivity index (χ1) is 14.2. The van der Waals surface area contributed by atoms with Crippen LogP contribution >= 0.6 is 0 Å². The number of pyridine rings is 1. The summed E-state index contributed by atoms with van der Waals surface area (Å²) >= 11 is 0. The van der Waals surface area contributed by atoms with Gasteiger partial charge >= 0.3 is 0 Å². The van der Waals surface area contributed by atoms with Gasteiger partial charge in [-0.2, -0.15) is 0 Å². The van der Waals surface area contributed by atoms with E-state index in [1.807, 2.05) is 23.2 Å². The molecule has 3 heterocycles. The Bertz CT molecular complexity index is 695. The molecule has 0 spiro atoms. The molecule has 0 radical (unpaired) electrons. The average molecular weight is 401 g/mol. The largest absolute Gasteiger partial charge is 0.379 e. The van der Waals surface area contributed by atoms with E-state index in [9.17, 15) is 9.59 Å². The maximum absolute atomic E-state index is 12.7. The van der Waals surface area contributed by atoms with Crippen molar-refractivity contribution in [3.8, 4) is 0 Å². The second kappa shape index (κ2) is 9.67. The van der Waals surface area contributed by atoms with Gasteiger partial charge in [0.1, 0.15) is 5.82 Å². The van der Waals surface area contributed by atoms with Crippen LogP contribution in [0.25, 0.3) is 0 Å². The van der Waals surface area contributed by atoms with E-state index < -0.39 is 0 Å². The summed E-state index contributed by atoms with van der Waals surface area (Å²) < 4.78 is 5.38. The fourth-order valence-electron chi connectivity index (χ4n) is 4.67. The maximum atomic E-state index is 12.7. The molecule has 1 atom stereocenters. The van der Waals surface area contributed by atoms with Gasteiger partial charge in [0, 0.05) is 44.8 Å². The SMILES string of the molecule is O=C(Nc1ccc(CN2CCOCC2)cn1)C1CC(=O)N(C2CCCCCC2)C1. The molecule has 7 heteroatoms. The van der Waals surface area contributed by atoms with Crippen LogP contribution in [-0.2, 0) is 20.9 Å². The van der Waals surface area contributed by atoms with E-state index in [4.69, 9.17) is 4.74 Å². The predicted molar refractivity (Wildman–Crippen MR) is 110 cm³/mol. The van der Waals surface area contributed by atoms with Gasteiger partial charge in [-0.15, -0.1) is 0 Å². The lowest BCUT2D eigenvalue weighted by molar-refractivity contribution is -0.130. The molecule has 0 aromatic carbocycles. The number of nitrogens with one attached hydrogen (secondary N) is 1. The molecule has 158 valence electrons. The molecule has 2 aliphatic heterocycles. The number of rotatable bonds is 5. The summed E-state index contributed by atoms with van der Waals surface area (Å²) in [5.74, 6) is 0.315. The van der Waals surface area contributed by atoms with Gasteiger partial charge in [0.2, 0.25) is 11.8 Å². The Labute approximate surface area is 172 Å². The summed E-state index contributed by atoms with van der Waals surface area (Å²) in [5.41, 5.74) is 1.13. The molecule has 2 saturated heterocycles. The van der Waals surface area contributed by atoms with Gasteiger partial charge in [-0.1, -0.05) is 31.7 Å². The fourth-order valence-corrected chi connectivity index (χ4v) is 4.67. The Balaban J connectivity index is 1.29. The Hall–Kier alpha value is -1.99. The Morgan fingerprint density at radius 3 is 2.59 bits per heavy atom. The monoisotopic (exact) mass is 400 g/mol. The summed E-state index contributed by atoms with van der Waals surface area (Å²) in [6.45, 7) is 4.82. The number of nitrogens with zero attached hydrogens (tertiary/aromatic N) is 3. The van der Waals surface area contributed by atoms with E-state index in [2.05, 4.69) is 15.2 Å². The normalized spacial score (nSPS) is 24.5. The van der Waals surface area contributed by atoms with Gasteiger partial charge in [0.05, 0.1) is 19.1 Å². The standard InChI is InChI=1S/C22H32N4O3/c27-21-13-18(16-26(21)19-5-3-1-2-4-6-19)22(28)24-20-8-7-17(14-23-20)15-25-9-11-29-12-10-25/h7-8,14,18-19H,1-6,9-13,15-16H2,(H,23,24,28). The molecule has 0 bridgehead atoms. The summed E-state index contributed by atoms with van der Waals surface area (Å²) in [5, 5.41) is 2.91. The number of hydrogen-bond acceptors (Lipinski definition) is 5. The number of morpholine rings is 1. The number of carbonyl (C=O) groups excluding carboxylic acids is 2. The minimum absolute atomic E-state index is 0.0945. The lowest BCUT2D eigenvalue weighted by Gasteiger charge is -2.27. The first-order valence-electron chi connectivity index (χ1n) is 11.0. The Morgan fingerprint density at radius 1 is 1.14 bits per heavy atom. The van der Waals surface area contributed by atoms with Gasteiger partial charge < -0.3 is 15.0 Å². The second-order valence-corrected chi connectivity index (χ2v) is 8.52. The maximum Gasteiger partial charge on any atom is 0.230 e. The topological polar surface area (TPSA) is 74.8 Å². The van der Waals surface area contributed by atoms with Crippen molar-refractivity contribution in [2.75, 3.05) is 38.2 Å².